The number of carbonyl (C=O) groups is 1. The summed E-state index contributed by atoms with van der Waals surface area (Å²) < 4.78 is 4.95. The largest absolute Gasteiger partial charge is 0.469 e. The van der Waals surface area contributed by atoms with Crippen LogP contribution in [0.25, 0.3) is 0 Å². The summed E-state index contributed by atoms with van der Waals surface area (Å²) in [5.74, 6) is 3.26. The van der Waals surface area contributed by atoms with Gasteiger partial charge in [-0.15, -0.1) is 0 Å². The van der Waals surface area contributed by atoms with Gasteiger partial charge in [-0.3, -0.25) is 9.79 Å². The quantitative estimate of drug-likeness (QED) is 0.513. The van der Waals surface area contributed by atoms with Gasteiger partial charge in [0.05, 0.1) is 13.0 Å². The zero-order chi connectivity index (χ0) is 18.3. The monoisotopic (exact) mass is 355 g/mol. The number of aliphatic imine (C=N–C) groups is 1. The number of likely N-dealkylation sites (tertiary alicyclic amines) is 1. The molecule has 140 valence electrons. The molecule has 5 unspecified atom stereocenters. The summed E-state index contributed by atoms with van der Waals surface area (Å²) in [6.07, 6.45) is 2.52. The molecule has 1 saturated heterocycles. The van der Waals surface area contributed by atoms with Crippen molar-refractivity contribution in [3.8, 4) is 0 Å². The van der Waals surface area contributed by atoms with E-state index in [4.69, 9.17) is 4.74 Å². The van der Waals surface area contributed by atoms with E-state index in [1.54, 1.807) is 5.56 Å². The first-order valence-electron chi connectivity index (χ1n) is 9.75. The third-order valence-corrected chi connectivity index (χ3v) is 6.62. The molecule has 0 aromatic heterocycles. The molecule has 1 aromatic carbocycles. The molecule has 5 heteroatoms. The van der Waals surface area contributed by atoms with Crippen LogP contribution in [-0.2, 0) is 16.0 Å². The number of hydrogen-bond acceptors (Lipinski definition) is 3. The molecule has 1 saturated carbocycles. The molecule has 3 aliphatic rings. The van der Waals surface area contributed by atoms with Gasteiger partial charge in [-0.25, -0.2) is 0 Å². The zero-order valence-corrected chi connectivity index (χ0v) is 15.9. The molecule has 1 aliphatic heterocycles. The Labute approximate surface area is 155 Å². The summed E-state index contributed by atoms with van der Waals surface area (Å²) in [5, 5.41) is 3.58. The highest BCUT2D eigenvalue weighted by Crippen LogP contribution is 2.59. The Bertz CT molecular complexity index is 717. The van der Waals surface area contributed by atoms with E-state index >= 15 is 0 Å². The minimum atomic E-state index is -0.111. The summed E-state index contributed by atoms with van der Waals surface area (Å²) in [6, 6.07) is 8.92. The maximum Gasteiger partial charge on any atom is 0.310 e. The van der Waals surface area contributed by atoms with Crippen molar-refractivity contribution in [2.24, 2.45) is 28.7 Å². The molecule has 1 N–H and O–H groups in total. The van der Waals surface area contributed by atoms with Crippen LogP contribution in [-0.4, -0.2) is 50.6 Å². The lowest BCUT2D eigenvalue weighted by atomic mass is 9.92. The van der Waals surface area contributed by atoms with E-state index in [-0.39, 0.29) is 17.8 Å². The SMILES string of the molecule is CN=C(NCC1C2CCc3ccccc3C21)N1CC(C)C(C(=O)OC)C1. The molecule has 1 aromatic rings. The fourth-order valence-corrected chi connectivity index (χ4v) is 5.13. The van der Waals surface area contributed by atoms with Crippen molar-refractivity contribution in [3.05, 3.63) is 35.4 Å². The average Bonchev–Trinajstić information content (AvgIpc) is 3.26. The summed E-state index contributed by atoms with van der Waals surface area (Å²) in [7, 11) is 3.30. The van der Waals surface area contributed by atoms with Crippen molar-refractivity contribution in [2.75, 3.05) is 33.8 Å². The lowest BCUT2D eigenvalue weighted by molar-refractivity contribution is -0.145. The number of rotatable bonds is 3. The normalized spacial score (nSPS) is 32.7. The molecule has 1 heterocycles. The Balaban J connectivity index is 1.36. The Morgan fingerprint density at radius 3 is 2.92 bits per heavy atom. The van der Waals surface area contributed by atoms with Gasteiger partial charge in [0.1, 0.15) is 0 Å². The van der Waals surface area contributed by atoms with Crippen molar-refractivity contribution in [1.29, 1.82) is 0 Å². The Hall–Kier alpha value is -2.04. The minimum absolute atomic E-state index is 0.0612. The number of methoxy groups -OCH3 is 1. The van der Waals surface area contributed by atoms with Gasteiger partial charge in [-0.2, -0.15) is 0 Å². The van der Waals surface area contributed by atoms with Crippen molar-refractivity contribution in [2.45, 2.75) is 25.7 Å². The molecule has 2 fully saturated rings. The lowest BCUT2D eigenvalue weighted by Crippen LogP contribution is -2.41. The van der Waals surface area contributed by atoms with Crippen molar-refractivity contribution >= 4 is 11.9 Å². The van der Waals surface area contributed by atoms with Gasteiger partial charge in [0, 0.05) is 26.7 Å². The summed E-state index contributed by atoms with van der Waals surface area (Å²) >= 11 is 0. The fraction of sp³-hybridized carbons (Fsp3) is 0.619. The number of hydrogen-bond donors (Lipinski definition) is 1. The van der Waals surface area contributed by atoms with E-state index in [2.05, 4.69) is 46.4 Å². The molecule has 0 amide bonds. The maximum absolute atomic E-state index is 11.9. The van der Waals surface area contributed by atoms with Gasteiger partial charge in [-0.05, 0) is 47.6 Å². The molecule has 4 rings (SSSR count). The van der Waals surface area contributed by atoms with Crippen LogP contribution in [0.4, 0.5) is 0 Å². The van der Waals surface area contributed by atoms with Crippen LogP contribution in [0.1, 0.15) is 30.4 Å². The van der Waals surface area contributed by atoms with Crippen LogP contribution in [0.3, 0.4) is 0 Å². The molecule has 0 spiro atoms. The number of nitrogens with zero attached hydrogens (tertiary/aromatic N) is 2. The molecule has 5 nitrogen and oxygen atoms in total. The molecule has 2 aliphatic carbocycles. The Morgan fingerprint density at radius 1 is 1.35 bits per heavy atom. The highest BCUT2D eigenvalue weighted by atomic mass is 16.5. The van der Waals surface area contributed by atoms with Gasteiger partial charge in [-0.1, -0.05) is 31.2 Å². The van der Waals surface area contributed by atoms with E-state index in [1.165, 1.54) is 25.5 Å². The van der Waals surface area contributed by atoms with Crippen LogP contribution in [0.15, 0.2) is 29.3 Å². The number of ether oxygens (including phenoxy) is 1. The second-order valence-electron chi connectivity index (χ2n) is 8.03. The smallest absolute Gasteiger partial charge is 0.310 e. The van der Waals surface area contributed by atoms with Gasteiger partial charge in [0.25, 0.3) is 0 Å². The molecular formula is C21H29N3O2. The molecule has 0 radical (unpaired) electrons. The Morgan fingerprint density at radius 2 is 2.15 bits per heavy atom. The summed E-state index contributed by atoms with van der Waals surface area (Å²) in [6.45, 7) is 4.61. The first-order valence-corrected chi connectivity index (χ1v) is 9.75. The zero-order valence-electron chi connectivity index (χ0n) is 15.9. The van der Waals surface area contributed by atoms with E-state index in [1.807, 2.05) is 7.05 Å². The average molecular weight is 355 g/mol. The van der Waals surface area contributed by atoms with Crippen LogP contribution in [0, 0.1) is 23.7 Å². The van der Waals surface area contributed by atoms with Crippen LogP contribution >= 0.6 is 0 Å². The maximum atomic E-state index is 11.9. The van der Waals surface area contributed by atoms with E-state index in [9.17, 15) is 4.79 Å². The van der Waals surface area contributed by atoms with Crippen molar-refractivity contribution in [1.82, 2.24) is 10.2 Å². The highest BCUT2D eigenvalue weighted by Gasteiger charge is 2.52. The fourth-order valence-electron chi connectivity index (χ4n) is 5.13. The third-order valence-electron chi connectivity index (χ3n) is 6.62. The number of carbonyl (C=O) groups excluding carboxylic acids is 1. The van der Waals surface area contributed by atoms with Crippen molar-refractivity contribution < 1.29 is 9.53 Å². The number of aryl methyl sites for hydroxylation is 1. The first kappa shape index (κ1) is 17.4. The third kappa shape index (κ3) is 2.97. The number of fused-ring (bicyclic) bond motifs is 3. The predicted molar refractivity (Wildman–Crippen MR) is 102 cm³/mol. The topological polar surface area (TPSA) is 53.9 Å². The number of esters is 1. The first-order chi connectivity index (χ1) is 12.6. The van der Waals surface area contributed by atoms with E-state index < -0.39 is 0 Å². The molecular weight excluding hydrogens is 326 g/mol. The van der Waals surface area contributed by atoms with Gasteiger partial charge < -0.3 is 15.0 Å². The predicted octanol–water partition coefficient (Wildman–Crippen LogP) is 2.28. The summed E-state index contributed by atoms with van der Waals surface area (Å²) in [5.41, 5.74) is 3.10. The highest BCUT2D eigenvalue weighted by molar-refractivity contribution is 5.82. The summed E-state index contributed by atoms with van der Waals surface area (Å²) in [4.78, 5) is 18.6. The van der Waals surface area contributed by atoms with Crippen LogP contribution in [0.5, 0.6) is 0 Å². The number of guanidine groups is 1. The van der Waals surface area contributed by atoms with Gasteiger partial charge in [0.15, 0.2) is 5.96 Å². The second-order valence-corrected chi connectivity index (χ2v) is 8.03. The van der Waals surface area contributed by atoms with Crippen molar-refractivity contribution in [3.63, 3.8) is 0 Å². The molecule has 5 atom stereocenters. The number of nitrogens with one attached hydrogen (secondary N) is 1. The van der Waals surface area contributed by atoms with Crippen LogP contribution in [0.2, 0.25) is 0 Å². The lowest BCUT2D eigenvalue weighted by Gasteiger charge is -2.21. The van der Waals surface area contributed by atoms with E-state index in [0.29, 0.717) is 18.4 Å². The van der Waals surface area contributed by atoms with E-state index in [0.717, 1.165) is 25.0 Å². The minimum Gasteiger partial charge on any atom is -0.469 e. The van der Waals surface area contributed by atoms with Gasteiger partial charge >= 0.3 is 5.97 Å². The van der Waals surface area contributed by atoms with Gasteiger partial charge in [0.2, 0.25) is 0 Å². The Kier molecular flexibility index (Phi) is 4.63. The molecule has 0 bridgehead atoms. The molecule has 26 heavy (non-hydrogen) atoms. The van der Waals surface area contributed by atoms with Crippen LogP contribution < -0.4 is 5.32 Å². The second kappa shape index (κ2) is 6.93. The number of benzene rings is 1. The standard InChI is InChI=1S/C21H29N3O2/c1-13-11-24(12-18(13)20(25)26-3)21(22-2)23-10-17-16-9-8-14-6-4-5-7-15(14)19(16)17/h4-7,13,16-19H,8-12H2,1-3H3,(H,22,23).